The fraction of sp³-hybridized carbons (Fsp3) is 0.452. The monoisotopic (exact) mass is 542 g/mol. The van der Waals surface area contributed by atoms with Gasteiger partial charge in [-0.1, -0.05) is 56.9 Å². The molecule has 0 fully saturated rings. The molecule has 39 heavy (non-hydrogen) atoms. The summed E-state index contributed by atoms with van der Waals surface area (Å²) in [6, 6.07) is 13.6. The first-order valence-corrected chi connectivity index (χ1v) is 13.5. The van der Waals surface area contributed by atoms with Crippen LogP contribution in [0.15, 0.2) is 60.9 Å². The molecule has 0 aliphatic carbocycles. The van der Waals surface area contributed by atoms with Gasteiger partial charge in [-0.25, -0.2) is 27.9 Å². The lowest BCUT2D eigenvalue weighted by Gasteiger charge is -2.21. The molecule has 4 unspecified atom stereocenters. The first-order valence-electron chi connectivity index (χ1n) is 13.5. The summed E-state index contributed by atoms with van der Waals surface area (Å²) < 4.78 is 53.2. The Bertz CT molecular complexity index is 1180. The largest absolute Gasteiger partial charge is 0.487 e. The van der Waals surface area contributed by atoms with Crippen LogP contribution in [0, 0.1) is 0 Å². The quantitative estimate of drug-likeness (QED) is 0.117. The van der Waals surface area contributed by atoms with Crippen LogP contribution >= 0.6 is 0 Å². The lowest BCUT2D eigenvalue weighted by molar-refractivity contribution is -0.147. The van der Waals surface area contributed by atoms with E-state index in [9.17, 15) is 18.0 Å². The molecule has 210 valence electrons. The van der Waals surface area contributed by atoms with Gasteiger partial charge in [0.25, 0.3) is 0 Å². The molecule has 1 heterocycles. The van der Waals surface area contributed by atoms with Gasteiger partial charge in [0, 0.05) is 18.0 Å². The van der Waals surface area contributed by atoms with Crippen LogP contribution in [0.3, 0.4) is 0 Å². The maximum atomic E-state index is 14.8. The van der Waals surface area contributed by atoms with Crippen molar-refractivity contribution in [1.29, 1.82) is 0 Å². The van der Waals surface area contributed by atoms with Gasteiger partial charge in [-0.3, -0.25) is 0 Å². The molecule has 0 saturated carbocycles. The summed E-state index contributed by atoms with van der Waals surface area (Å²) in [5, 5.41) is 0. The van der Waals surface area contributed by atoms with E-state index in [0.717, 1.165) is 38.2 Å². The third-order valence-corrected chi connectivity index (χ3v) is 6.55. The van der Waals surface area contributed by atoms with Crippen LogP contribution < -0.4 is 9.47 Å². The number of esters is 1. The SMILES string of the molecule is CCCCCCCC(C)(F)C(=O)Oc1ccc(-c2cnc(-c3ccccc3OC(C)C(F)C(C)F)nc2)cc1. The highest BCUT2D eigenvalue weighted by molar-refractivity contribution is 5.81. The lowest BCUT2D eigenvalue weighted by atomic mass is 9.99. The number of aromatic nitrogens is 2. The summed E-state index contributed by atoms with van der Waals surface area (Å²) in [5.41, 5.74) is -0.00488. The number of hydrogen-bond donors (Lipinski definition) is 0. The molecule has 0 radical (unpaired) electrons. The van der Waals surface area contributed by atoms with Crippen LogP contribution in [0.2, 0.25) is 0 Å². The van der Waals surface area contributed by atoms with Gasteiger partial charge in [0.15, 0.2) is 12.0 Å². The van der Waals surface area contributed by atoms with E-state index < -0.39 is 30.1 Å². The van der Waals surface area contributed by atoms with Crippen molar-refractivity contribution >= 4 is 5.97 Å². The van der Waals surface area contributed by atoms with Crippen molar-refractivity contribution in [3.63, 3.8) is 0 Å². The van der Waals surface area contributed by atoms with Crippen LogP contribution in [-0.4, -0.2) is 40.1 Å². The molecule has 1 aromatic heterocycles. The topological polar surface area (TPSA) is 61.3 Å². The standard InChI is InChI=1S/C31H37F3N2O3/c1-5-6-7-8-11-18-31(4,34)30(37)39-25-16-14-23(15-17-25)24-19-35-29(36-20-24)26-12-9-10-13-27(26)38-22(3)28(33)21(2)32/h9-10,12-17,19-22,28H,5-8,11,18H2,1-4H3. The number of benzene rings is 2. The number of rotatable bonds is 14. The van der Waals surface area contributed by atoms with Crippen LogP contribution in [0.5, 0.6) is 11.5 Å². The van der Waals surface area contributed by atoms with Gasteiger partial charge in [-0.05, 0) is 63.4 Å². The Balaban J connectivity index is 1.64. The summed E-state index contributed by atoms with van der Waals surface area (Å²) in [4.78, 5) is 21.2. The second-order valence-electron chi connectivity index (χ2n) is 10.0. The van der Waals surface area contributed by atoms with E-state index in [2.05, 4.69) is 16.9 Å². The van der Waals surface area contributed by atoms with Crippen LogP contribution in [-0.2, 0) is 4.79 Å². The van der Waals surface area contributed by atoms with E-state index in [-0.39, 0.29) is 12.2 Å². The number of halogens is 3. The Labute approximate surface area is 228 Å². The van der Waals surface area contributed by atoms with Crippen molar-refractivity contribution in [3.05, 3.63) is 60.9 Å². The minimum Gasteiger partial charge on any atom is -0.487 e. The average molecular weight is 543 g/mol. The zero-order valence-corrected chi connectivity index (χ0v) is 23.0. The number of alkyl halides is 3. The Morgan fingerprint density at radius 2 is 1.56 bits per heavy atom. The van der Waals surface area contributed by atoms with E-state index in [1.54, 1.807) is 60.9 Å². The summed E-state index contributed by atoms with van der Waals surface area (Å²) in [6.07, 6.45) is 3.76. The van der Waals surface area contributed by atoms with Crippen molar-refractivity contribution < 1.29 is 27.4 Å². The molecule has 0 saturated heterocycles. The highest BCUT2D eigenvalue weighted by Gasteiger charge is 2.34. The molecule has 8 heteroatoms. The van der Waals surface area contributed by atoms with Crippen molar-refractivity contribution in [2.24, 2.45) is 0 Å². The molecule has 0 N–H and O–H groups in total. The molecule has 0 aliphatic rings. The molecule has 4 atom stereocenters. The number of para-hydroxylation sites is 1. The third-order valence-electron chi connectivity index (χ3n) is 6.55. The zero-order chi connectivity index (χ0) is 28.4. The highest BCUT2D eigenvalue weighted by atomic mass is 19.2. The number of unbranched alkanes of at least 4 members (excludes halogenated alkanes) is 4. The Morgan fingerprint density at radius 3 is 2.21 bits per heavy atom. The molecule has 2 aromatic carbocycles. The minimum absolute atomic E-state index is 0.133. The minimum atomic E-state index is -2.04. The van der Waals surface area contributed by atoms with Crippen molar-refractivity contribution in [1.82, 2.24) is 9.97 Å². The molecule has 0 amide bonds. The average Bonchev–Trinajstić information content (AvgIpc) is 2.93. The van der Waals surface area contributed by atoms with Gasteiger partial charge >= 0.3 is 5.97 Å². The Morgan fingerprint density at radius 1 is 0.923 bits per heavy atom. The van der Waals surface area contributed by atoms with Gasteiger partial charge < -0.3 is 9.47 Å². The Hall–Kier alpha value is -3.42. The number of carbonyl (C=O) groups is 1. The summed E-state index contributed by atoms with van der Waals surface area (Å²) >= 11 is 0. The number of hydrogen-bond acceptors (Lipinski definition) is 5. The van der Waals surface area contributed by atoms with Crippen molar-refractivity contribution in [2.75, 3.05) is 0 Å². The van der Waals surface area contributed by atoms with E-state index in [4.69, 9.17) is 9.47 Å². The first kappa shape index (κ1) is 30.1. The summed E-state index contributed by atoms with van der Waals surface area (Å²) in [6.45, 7) is 6.02. The fourth-order valence-corrected chi connectivity index (χ4v) is 4.10. The predicted octanol–water partition coefficient (Wildman–Crippen LogP) is 8.27. The van der Waals surface area contributed by atoms with E-state index >= 15 is 0 Å². The van der Waals surface area contributed by atoms with Gasteiger partial charge in [0.05, 0.1) is 5.56 Å². The molecule has 3 aromatic rings. The van der Waals surface area contributed by atoms with Gasteiger partial charge in [0.1, 0.15) is 23.8 Å². The van der Waals surface area contributed by atoms with E-state index in [0.29, 0.717) is 29.1 Å². The van der Waals surface area contributed by atoms with Gasteiger partial charge in [-0.2, -0.15) is 0 Å². The number of nitrogens with zero attached hydrogens (tertiary/aromatic N) is 2. The van der Waals surface area contributed by atoms with Crippen LogP contribution in [0.4, 0.5) is 13.2 Å². The third kappa shape index (κ3) is 8.53. The van der Waals surface area contributed by atoms with E-state index in [1.165, 1.54) is 13.8 Å². The normalized spacial score (nSPS) is 15.2. The summed E-state index contributed by atoms with van der Waals surface area (Å²) in [7, 11) is 0. The lowest BCUT2D eigenvalue weighted by Crippen LogP contribution is -2.34. The summed E-state index contributed by atoms with van der Waals surface area (Å²) in [5.74, 6) is 0.0829. The molecule has 3 rings (SSSR count). The predicted molar refractivity (Wildman–Crippen MR) is 147 cm³/mol. The molecule has 0 spiro atoms. The molecule has 0 aliphatic heterocycles. The number of ether oxygens (including phenoxy) is 2. The maximum Gasteiger partial charge on any atom is 0.348 e. The van der Waals surface area contributed by atoms with Crippen molar-refractivity contribution in [3.8, 4) is 34.0 Å². The molecule has 0 bridgehead atoms. The highest BCUT2D eigenvalue weighted by Crippen LogP contribution is 2.31. The number of carbonyl (C=O) groups excluding carboxylic acids is 1. The molecular weight excluding hydrogens is 505 g/mol. The maximum absolute atomic E-state index is 14.8. The smallest absolute Gasteiger partial charge is 0.348 e. The first-order chi connectivity index (χ1) is 18.6. The van der Waals surface area contributed by atoms with Gasteiger partial charge in [0.2, 0.25) is 5.67 Å². The van der Waals surface area contributed by atoms with Gasteiger partial charge in [-0.15, -0.1) is 0 Å². The zero-order valence-electron chi connectivity index (χ0n) is 23.0. The Kier molecular flexibility index (Phi) is 10.9. The van der Waals surface area contributed by atoms with Crippen LogP contribution in [0.1, 0.15) is 66.2 Å². The molecule has 5 nitrogen and oxygen atoms in total. The second-order valence-corrected chi connectivity index (χ2v) is 10.0. The molecular formula is C31H37F3N2O3. The fourth-order valence-electron chi connectivity index (χ4n) is 4.10. The van der Waals surface area contributed by atoms with Crippen molar-refractivity contribution in [2.45, 2.75) is 90.3 Å². The van der Waals surface area contributed by atoms with Crippen LogP contribution in [0.25, 0.3) is 22.5 Å². The van der Waals surface area contributed by atoms with E-state index in [1.807, 2.05) is 0 Å². The second kappa shape index (κ2) is 14.1.